The molecule has 1 aromatic carbocycles. The number of hydrogen-bond acceptors (Lipinski definition) is 5. The van der Waals surface area contributed by atoms with Gasteiger partial charge in [0.15, 0.2) is 11.7 Å². The van der Waals surface area contributed by atoms with Crippen LogP contribution >= 0.6 is 39.5 Å². The molecule has 3 N–H and O–H groups in total. The maximum absolute atomic E-state index is 11.7. The maximum Gasteiger partial charge on any atom is 0.276 e. The molecule has 0 atom stereocenters. The highest BCUT2D eigenvalue weighted by atomic mass is 79.9. The number of benzene rings is 1. The first-order valence-corrected chi connectivity index (χ1v) is 8.45. The number of halogens is 1. The molecule has 0 aliphatic rings. The zero-order chi connectivity index (χ0) is 16.7. The van der Waals surface area contributed by atoms with Crippen molar-refractivity contribution in [3.8, 4) is 5.75 Å². The predicted molar refractivity (Wildman–Crippen MR) is 95.3 cm³/mol. The van der Waals surface area contributed by atoms with E-state index in [-0.39, 0.29) is 17.6 Å². The van der Waals surface area contributed by atoms with Crippen LogP contribution in [-0.2, 0) is 4.79 Å². The number of nitrogens with one attached hydrogen (secondary N) is 3. The Labute approximate surface area is 150 Å². The van der Waals surface area contributed by atoms with Gasteiger partial charge in [0.05, 0.1) is 4.88 Å². The van der Waals surface area contributed by atoms with Crippen LogP contribution in [0.3, 0.4) is 0 Å². The molecular weight excluding hydrogens is 402 g/mol. The van der Waals surface area contributed by atoms with Crippen LogP contribution in [0.2, 0.25) is 0 Å². The summed E-state index contributed by atoms with van der Waals surface area (Å²) in [5.74, 6) is -0.199. The lowest BCUT2D eigenvalue weighted by Gasteiger charge is -2.11. The Morgan fingerprint density at radius 2 is 1.91 bits per heavy atom. The van der Waals surface area contributed by atoms with E-state index in [1.54, 1.807) is 41.8 Å². The first-order chi connectivity index (χ1) is 11.0. The summed E-state index contributed by atoms with van der Waals surface area (Å²) in [5, 5.41) is 4.23. The number of rotatable bonds is 4. The average Bonchev–Trinajstić information content (AvgIpc) is 3.07. The van der Waals surface area contributed by atoms with Gasteiger partial charge in [0.2, 0.25) is 0 Å². The predicted octanol–water partition coefficient (Wildman–Crippen LogP) is 2.23. The van der Waals surface area contributed by atoms with Gasteiger partial charge < -0.3 is 4.74 Å². The van der Waals surface area contributed by atoms with E-state index >= 15 is 0 Å². The van der Waals surface area contributed by atoms with Crippen LogP contribution in [0, 0.1) is 0 Å². The number of thiophene rings is 1. The molecule has 1 heterocycles. The van der Waals surface area contributed by atoms with Crippen LogP contribution in [0.15, 0.2) is 46.3 Å². The summed E-state index contributed by atoms with van der Waals surface area (Å²) in [5.41, 5.74) is 4.78. The molecule has 1 aromatic heterocycles. The van der Waals surface area contributed by atoms with Crippen molar-refractivity contribution in [3.63, 3.8) is 0 Å². The number of hydrogen-bond donors (Lipinski definition) is 3. The summed E-state index contributed by atoms with van der Waals surface area (Å²) in [6.45, 7) is -0.184. The van der Waals surface area contributed by atoms with Crippen LogP contribution < -0.4 is 20.9 Å². The first kappa shape index (κ1) is 17.4. The number of ether oxygens (including phenoxy) is 1. The van der Waals surface area contributed by atoms with Gasteiger partial charge in [0, 0.05) is 4.47 Å². The first-order valence-electron chi connectivity index (χ1n) is 6.36. The molecule has 2 aromatic rings. The Morgan fingerprint density at radius 1 is 1.17 bits per heavy atom. The highest BCUT2D eigenvalue weighted by molar-refractivity contribution is 9.10. The third-order valence-electron chi connectivity index (χ3n) is 2.47. The molecule has 0 spiro atoms. The molecule has 0 unspecified atom stereocenters. The minimum absolute atomic E-state index is 0.000363. The molecule has 0 fully saturated rings. The van der Waals surface area contributed by atoms with Crippen molar-refractivity contribution >= 4 is 56.4 Å². The largest absolute Gasteiger partial charge is 0.484 e. The molecular formula is C14H12BrN3O3S2. The molecule has 120 valence electrons. The van der Waals surface area contributed by atoms with Crippen molar-refractivity contribution in [1.29, 1.82) is 0 Å². The molecule has 0 aliphatic carbocycles. The van der Waals surface area contributed by atoms with Gasteiger partial charge >= 0.3 is 0 Å². The van der Waals surface area contributed by atoms with Crippen LogP contribution in [0.5, 0.6) is 5.75 Å². The molecule has 0 saturated heterocycles. The van der Waals surface area contributed by atoms with Gasteiger partial charge in [0.1, 0.15) is 5.75 Å². The molecule has 0 saturated carbocycles. The lowest BCUT2D eigenvalue weighted by Crippen LogP contribution is -2.49. The Hall–Kier alpha value is -1.97. The molecule has 2 amide bonds. The zero-order valence-corrected chi connectivity index (χ0v) is 14.9. The molecule has 23 heavy (non-hydrogen) atoms. The SMILES string of the molecule is O=C(COc1ccc(Br)cc1)NNC(=S)NC(=O)c1cccs1. The van der Waals surface area contributed by atoms with Crippen molar-refractivity contribution in [2.24, 2.45) is 0 Å². The van der Waals surface area contributed by atoms with Crippen molar-refractivity contribution in [3.05, 3.63) is 51.1 Å². The Kier molecular flexibility index (Phi) is 6.51. The third-order valence-corrected chi connectivity index (χ3v) is 4.07. The highest BCUT2D eigenvalue weighted by Gasteiger charge is 2.09. The second-order valence-corrected chi connectivity index (χ2v) is 6.45. The molecule has 0 aliphatic heterocycles. The van der Waals surface area contributed by atoms with Gasteiger partial charge in [-0.1, -0.05) is 22.0 Å². The van der Waals surface area contributed by atoms with Crippen LogP contribution in [-0.4, -0.2) is 23.5 Å². The lowest BCUT2D eigenvalue weighted by atomic mass is 10.3. The van der Waals surface area contributed by atoms with Gasteiger partial charge in [0.25, 0.3) is 11.8 Å². The van der Waals surface area contributed by atoms with Gasteiger partial charge in [-0.3, -0.25) is 25.8 Å². The highest BCUT2D eigenvalue weighted by Crippen LogP contribution is 2.15. The van der Waals surface area contributed by atoms with Crippen molar-refractivity contribution in [2.45, 2.75) is 0 Å². The summed E-state index contributed by atoms with van der Waals surface area (Å²) in [4.78, 5) is 23.9. The number of hydrazine groups is 1. The smallest absolute Gasteiger partial charge is 0.276 e. The van der Waals surface area contributed by atoms with E-state index in [0.717, 1.165) is 4.47 Å². The van der Waals surface area contributed by atoms with Crippen molar-refractivity contribution < 1.29 is 14.3 Å². The van der Waals surface area contributed by atoms with Gasteiger partial charge in [-0.05, 0) is 47.9 Å². The van der Waals surface area contributed by atoms with Crippen molar-refractivity contribution in [1.82, 2.24) is 16.2 Å². The molecule has 6 nitrogen and oxygen atoms in total. The third kappa shape index (κ3) is 5.97. The van der Waals surface area contributed by atoms with E-state index in [9.17, 15) is 9.59 Å². The fourth-order valence-electron chi connectivity index (χ4n) is 1.45. The fraction of sp³-hybridized carbons (Fsp3) is 0.0714. The van der Waals surface area contributed by atoms with E-state index in [0.29, 0.717) is 10.6 Å². The normalized spacial score (nSPS) is 9.78. The number of carbonyl (C=O) groups is 2. The summed E-state index contributed by atoms with van der Waals surface area (Å²) in [6.07, 6.45) is 0. The lowest BCUT2D eigenvalue weighted by molar-refractivity contribution is -0.123. The minimum atomic E-state index is -0.430. The van der Waals surface area contributed by atoms with Crippen LogP contribution in [0.4, 0.5) is 0 Å². The van der Waals surface area contributed by atoms with E-state index < -0.39 is 5.91 Å². The number of thiocarbonyl (C=S) groups is 1. The second kappa shape index (κ2) is 8.61. The topological polar surface area (TPSA) is 79.5 Å². The summed E-state index contributed by atoms with van der Waals surface area (Å²) in [7, 11) is 0. The zero-order valence-electron chi connectivity index (χ0n) is 11.7. The van der Waals surface area contributed by atoms with Crippen molar-refractivity contribution in [2.75, 3.05) is 6.61 Å². The van der Waals surface area contributed by atoms with E-state index in [1.165, 1.54) is 11.3 Å². The van der Waals surface area contributed by atoms with E-state index in [2.05, 4.69) is 32.1 Å². The van der Waals surface area contributed by atoms with Gasteiger partial charge in [-0.15, -0.1) is 11.3 Å². The van der Waals surface area contributed by atoms with E-state index in [4.69, 9.17) is 17.0 Å². The summed E-state index contributed by atoms with van der Waals surface area (Å²) >= 11 is 9.52. The molecule has 0 radical (unpaired) electrons. The Bertz CT molecular complexity index is 690. The number of carbonyl (C=O) groups excluding carboxylic acids is 2. The van der Waals surface area contributed by atoms with Gasteiger partial charge in [-0.2, -0.15) is 0 Å². The molecule has 0 bridgehead atoms. The van der Waals surface area contributed by atoms with Crippen LogP contribution in [0.1, 0.15) is 9.67 Å². The number of amides is 2. The van der Waals surface area contributed by atoms with Crippen LogP contribution in [0.25, 0.3) is 0 Å². The summed E-state index contributed by atoms with van der Waals surface area (Å²) < 4.78 is 6.21. The average molecular weight is 414 g/mol. The maximum atomic E-state index is 11.7. The minimum Gasteiger partial charge on any atom is -0.484 e. The Balaban J connectivity index is 1.68. The Morgan fingerprint density at radius 3 is 2.57 bits per heavy atom. The monoisotopic (exact) mass is 413 g/mol. The fourth-order valence-corrected chi connectivity index (χ4v) is 2.47. The second-order valence-electron chi connectivity index (χ2n) is 4.18. The molecule has 9 heteroatoms. The molecule has 2 rings (SSSR count). The quantitative estimate of drug-likeness (QED) is 0.528. The standard InChI is InChI=1S/C14H12BrN3O3S2/c15-9-3-5-10(6-4-9)21-8-12(19)17-18-14(22)16-13(20)11-2-1-7-23-11/h1-7H,8H2,(H,17,19)(H2,16,18,20,22). The summed E-state index contributed by atoms with van der Waals surface area (Å²) in [6, 6.07) is 10.5. The van der Waals surface area contributed by atoms with E-state index in [1.807, 2.05) is 0 Å². The van der Waals surface area contributed by atoms with Gasteiger partial charge in [-0.25, -0.2) is 0 Å².